The number of benzene rings is 2. The molecule has 0 heterocycles. The Morgan fingerprint density at radius 1 is 0.941 bits per heavy atom. The van der Waals surface area contributed by atoms with Crippen molar-refractivity contribution in [1.82, 2.24) is 0 Å². The van der Waals surface area contributed by atoms with Crippen LogP contribution in [0, 0.1) is 0 Å². The van der Waals surface area contributed by atoms with Crippen molar-refractivity contribution in [2.75, 3.05) is 7.11 Å². The molecule has 1 aliphatic carbocycles. The summed E-state index contributed by atoms with van der Waals surface area (Å²) in [4.78, 5) is 0. The molecule has 0 N–H and O–H groups in total. The van der Waals surface area contributed by atoms with Crippen molar-refractivity contribution in [1.29, 1.82) is 0 Å². The number of rotatable bonds is 2. The Morgan fingerprint density at radius 3 is 2.41 bits per heavy atom. The monoisotopic (exact) mass is 224 g/mol. The molecule has 86 valence electrons. The maximum Gasteiger partial charge on any atom is 0.118 e. The first-order chi connectivity index (χ1) is 8.37. The highest BCUT2D eigenvalue weighted by Crippen LogP contribution is 2.44. The summed E-state index contributed by atoms with van der Waals surface area (Å²) in [7, 11) is 1.81. The number of ether oxygens (including phenoxy) is 1. The molecule has 0 bridgehead atoms. The molecule has 2 aromatic carbocycles. The molecule has 1 unspecified atom stereocenters. The summed E-state index contributed by atoms with van der Waals surface area (Å²) in [5, 5.41) is 0. The minimum Gasteiger partial charge on any atom is -0.369 e. The lowest BCUT2D eigenvalue weighted by atomic mass is 9.87. The van der Waals surface area contributed by atoms with E-state index in [-0.39, 0.29) is 5.60 Å². The average molecular weight is 224 g/mol. The van der Waals surface area contributed by atoms with Crippen molar-refractivity contribution >= 4 is 0 Å². The Balaban J connectivity index is 2.18. The maximum atomic E-state index is 5.91. The molecule has 0 fully saturated rings. The van der Waals surface area contributed by atoms with Crippen LogP contribution in [-0.4, -0.2) is 7.11 Å². The van der Waals surface area contributed by atoms with Gasteiger partial charge in [-0.1, -0.05) is 54.6 Å². The Hall–Kier alpha value is -1.60. The third-order valence-corrected chi connectivity index (χ3v) is 3.79. The van der Waals surface area contributed by atoms with Crippen molar-refractivity contribution in [3.8, 4) is 0 Å². The predicted octanol–water partition coefficient (Wildman–Crippen LogP) is 3.52. The lowest BCUT2D eigenvalue weighted by molar-refractivity contribution is 0.0238. The fourth-order valence-electron chi connectivity index (χ4n) is 2.91. The van der Waals surface area contributed by atoms with E-state index in [1.165, 1.54) is 16.7 Å². The average Bonchev–Trinajstić information content (AvgIpc) is 2.80. The Kier molecular flexibility index (Phi) is 2.49. The highest BCUT2D eigenvalue weighted by Gasteiger charge is 2.39. The van der Waals surface area contributed by atoms with Gasteiger partial charge in [-0.15, -0.1) is 0 Å². The van der Waals surface area contributed by atoms with E-state index < -0.39 is 0 Å². The highest BCUT2D eigenvalue weighted by molar-refractivity contribution is 5.45. The first kappa shape index (κ1) is 10.5. The summed E-state index contributed by atoms with van der Waals surface area (Å²) in [6, 6.07) is 19.1. The van der Waals surface area contributed by atoms with Gasteiger partial charge in [-0.25, -0.2) is 0 Å². The first-order valence-corrected chi connectivity index (χ1v) is 6.06. The summed E-state index contributed by atoms with van der Waals surface area (Å²) in [5.41, 5.74) is 3.76. The zero-order valence-corrected chi connectivity index (χ0v) is 10.0. The summed E-state index contributed by atoms with van der Waals surface area (Å²) in [5.74, 6) is 0. The molecule has 0 spiro atoms. The number of aryl methyl sites for hydroxylation is 1. The molecule has 1 heteroatoms. The Labute approximate surface area is 102 Å². The quantitative estimate of drug-likeness (QED) is 0.758. The fraction of sp³-hybridized carbons (Fsp3) is 0.250. The van der Waals surface area contributed by atoms with Gasteiger partial charge < -0.3 is 4.74 Å². The van der Waals surface area contributed by atoms with E-state index in [0.29, 0.717) is 0 Å². The molecule has 2 aromatic rings. The number of methoxy groups -OCH3 is 1. The van der Waals surface area contributed by atoms with Crippen LogP contribution in [0.3, 0.4) is 0 Å². The van der Waals surface area contributed by atoms with Crippen LogP contribution in [0.5, 0.6) is 0 Å². The smallest absolute Gasteiger partial charge is 0.118 e. The summed E-state index contributed by atoms with van der Waals surface area (Å²) >= 11 is 0. The van der Waals surface area contributed by atoms with Crippen molar-refractivity contribution in [3.63, 3.8) is 0 Å². The van der Waals surface area contributed by atoms with Gasteiger partial charge >= 0.3 is 0 Å². The van der Waals surface area contributed by atoms with Gasteiger partial charge in [0.15, 0.2) is 0 Å². The zero-order valence-electron chi connectivity index (χ0n) is 10.0. The maximum absolute atomic E-state index is 5.91. The molecular formula is C16H16O. The molecule has 0 radical (unpaired) electrons. The van der Waals surface area contributed by atoms with Crippen LogP contribution >= 0.6 is 0 Å². The van der Waals surface area contributed by atoms with Gasteiger partial charge in [0, 0.05) is 7.11 Å². The lowest BCUT2D eigenvalue weighted by Gasteiger charge is -2.29. The second-order valence-electron chi connectivity index (χ2n) is 4.55. The van der Waals surface area contributed by atoms with Crippen molar-refractivity contribution in [2.45, 2.75) is 18.4 Å². The van der Waals surface area contributed by atoms with Crippen LogP contribution in [0.1, 0.15) is 23.1 Å². The van der Waals surface area contributed by atoms with Gasteiger partial charge in [0.2, 0.25) is 0 Å². The molecule has 17 heavy (non-hydrogen) atoms. The SMILES string of the molecule is COC1(c2ccccc2)CCc2ccccc21. The molecule has 0 aromatic heterocycles. The molecule has 0 saturated carbocycles. The number of fused-ring (bicyclic) bond motifs is 1. The van der Waals surface area contributed by atoms with Crippen LogP contribution in [0.25, 0.3) is 0 Å². The molecule has 3 rings (SSSR count). The van der Waals surface area contributed by atoms with Crippen LogP contribution in [-0.2, 0) is 16.8 Å². The topological polar surface area (TPSA) is 9.23 Å². The Bertz CT molecular complexity index is 518. The minimum absolute atomic E-state index is 0.238. The van der Waals surface area contributed by atoms with Gasteiger partial charge in [0.25, 0.3) is 0 Å². The summed E-state index contributed by atoms with van der Waals surface area (Å²) in [6.07, 6.45) is 2.13. The number of hydrogen-bond donors (Lipinski definition) is 0. The third-order valence-electron chi connectivity index (χ3n) is 3.79. The minimum atomic E-state index is -0.238. The van der Waals surface area contributed by atoms with Gasteiger partial charge in [0.05, 0.1) is 0 Å². The highest BCUT2D eigenvalue weighted by atomic mass is 16.5. The number of hydrogen-bond acceptors (Lipinski definition) is 1. The van der Waals surface area contributed by atoms with Crippen LogP contribution < -0.4 is 0 Å². The molecule has 0 amide bonds. The third kappa shape index (κ3) is 1.50. The summed E-state index contributed by atoms with van der Waals surface area (Å²) in [6.45, 7) is 0. The van der Waals surface area contributed by atoms with Crippen molar-refractivity contribution in [3.05, 3.63) is 71.3 Å². The molecular weight excluding hydrogens is 208 g/mol. The first-order valence-electron chi connectivity index (χ1n) is 6.06. The van der Waals surface area contributed by atoms with E-state index in [1.54, 1.807) is 0 Å². The second kappa shape index (κ2) is 4.01. The van der Waals surface area contributed by atoms with E-state index >= 15 is 0 Å². The van der Waals surface area contributed by atoms with Gasteiger partial charge in [-0.3, -0.25) is 0 Å². The molecule has 0 aliphatic heterocycles. The predicted molar refractivity (Wildman–Crippen MR) is 69.0 cm³/mol. The molecule has 1 aliphatic rings. The normalized spacial score (nSPS) is 22.4. The van der Waals surface area contributed by atoms with E-state index in [2.05, 4.69) is 48.5 Å². The molecule has 1 atom stereocenters. The largest absolute Gasteiger partial charge is 0.369 e. The molecule has 1 nitrogen and oxygen atoms in total. The van der Waals surface area contributed by atoms with Crippen LogP contribution in [0.4, 0.5) is 0 Å². The van der Waals surface area contributed by atoms with Crippen molar-refractivity contribution in [2.24, 2.45) is 0 Å². The van der Waals surface area contributed by atoms with Gasteiger partial charge in [-0.2, -0.15) is 0 Å². The van der Waals surface area contributed by atoms with Crippen LogP contribution in [0.2, 0.25) is 0 Å². The van der Waals surface area contributed by atoms with E-state index in [4.69, 9.17) is 4.74 Å². The second-order valence-corrected chi connectivity index (χ2v) is 4.55. The fourth-order valence-corrected chi connectivity index (χ4v) is 2.91. The zero-order chi connectivity index (χ0) is 11.7. The lowest BCUT2D eigenvalue weighted by Crippen LogP contribution is -2.26. The Morgan fingerprint density at radius 2 is 1.65 bits per heavy atom. The van der Waals surface area contributed by atoms with E-state index in [9.17, 15) is 0 Å². The standard InChI is InChI=1S/C16H16O/c1-17-16(14-8-3-2-4-9-14)12-11-13-7-5-6-10-15(13)16/h2-10H,11-12H2,1H3. The summed E-state index contributed by atoms with van der Waals surface area (Å²) < 4.78 is 5.91. The van der Waals surface area contributed by atoms with Crippen LogP contribution in [0.15, 0.2) is 54.6 Å². The van der Waals surface area contributed by atoms with Gasteiger partial charge in [-0.05, 0) is 29.5 Å². The van der Waals surface area contributed by atoms with Gasteiger partial charge in [0.1, 0.15) is 5.60 Å². The molecule has 0 saturated heterocycles. The van der Waals surface area contributed by atoms with E-state index in [1.807, 2.05) is 13.2 Å². The van der Waals surface area contributed by atoms with Crippen molar-refractivity contribution < 1.29 is 4.74 Å². The van der Waals surface area contributed by atoms with E-state index in [0.717, 1.165) is 12.8 Å².